The average Bonchev–Trinajstić information content (AvgIpc) is 2.83. The van der Waals surface area contributed by atoms with Gasteiger partial charge in [0.05, 0.1) is 11.4 Å². The van der Waals surface area contributed by atoms with Gasteiger partial charge in [0, 0.05) is 10.9 Å². The number of fused-ring (bicyclic) bond motifs is 1. The van der Waals surface area contributed by atoms with Gasteiger partial charge in [0.1, 0.15) is 23.8 Å². The first kappa shape index (κ1) is 16.6. The molecule has 3 rings (SSSR count). The molecule has 2 heterocycles. The summed E-state index contributed by atoms with van der Waals surface area (Å²) >= 11 is 1.34. The molecule has 3 aromatic rings. The Morgan fingerprint density at radius 3 is 2.62 bits per heavy atom. The lowest BCUT2D eigenvalue weighted by atomic mass is 10.0. The smallest absolute Gasteiger partial charge is 0.259 e. The Hall–Kier alpha value is -2.25. The summed E-state index contributed by atoms with van der Waals surface area (Å²) in [4.78, 5) is 18.2. The van der Waals surface area contributed by atoms with Crippen molar-refractivity contribution in [3.8, 4) is 5.75 Å². The highest BCUT2D eigenvalue weighted by Crippen LogP contribution is 2.29. The predicted molar refractivity (Wildman–Crippen MR) is 90.1 cm³/mol. The van der Waals surface area contributed by atoms with Crippen LogP contribution in [0.4, 0.5) is 4.39 Å². The molecule has 0 atom stereocenters. The summed E-state index contributed by atoms with van der Waals surface area (Å²) in [7, 11) is 0. The van der Waals surface area contributed by atoms with Crippen LogP contribution in [0.2, 0.25) is 0 Å². The van der Waals surface area contributed by atoms with Gasteiger partial charge < -0.3 is 9.84 Å². The molecule has 0 radical (unpaired) electrons. The van der Waals surface area contributed by atoms with E-state index >= 15 is 0 Å². The molecule has 24 heavy (non-hydrogen) atoms. The first-order valence-electron chi connectivity index (χ1n) is 7.39. The average molecular weight is 348 g/mol. The second-order valence-corrected chi connectivity index (χ2v) is 7.19. The first-order chi connectivity index (χ1) is 11.3. The van der Waals surface area contributed by atoms with Crippen LogP contribution in [0.3, 0.4) is 0 Å². The largest absolute Gasteiger partial charge is 0.487 e. The fourth-order valence-electron chi connectivity index (χ4n) is 2.59. The van der Waals surface area contributed by atoms with Gasteiger partial charge in [-0.25, -0.2) is 9.37 Å². The lowest BCUT2D eigenvalue weighted by molar-refractivity contribution is 0.0722. The predicted octanol–water partition coefficient (Wildman–Crippen LogP) is 3.01. The number of aromatic nitrogens is 2. The second kappa shape index (κ2) is 5.99. The number of aliphatic hydroxyl groups is 1. The highest BCUT2D eigenvalue weighted by atomic mass is 32.1. The van der Waals surface area contributed by atoms with Crippen LogP contribution in [-0.4, -0.2) is 14.5 Å². The number of aryl methyl sites for hydroxylation is 1. The van der Waals surface area contributed by atoms with Crippen molar-refractivity contribution in [1.82, 2.24) is 9.38 Å². The van der Waals surface area contributed by atoms with Crippen LogP contribution >= 0.6 is 11.3 Å². The number of hydrogen-bond acceptors (Lipinski definition) is 5. The maximum Gasteiger partial charge on any atom is 0.259 e. The van der Waals surface area contributed by atoms with E-state index in [1.165, 1.54) is 46.1 Å². The molecule has 0 spiro atoms. The number of rotatable bonds is 4. The zero-order valence-electron chi connectivity index (χ0n) is 13.5. The maximum absolute atomic E-state index is 12.9. The Morgan fingerprint density at radius 2 is 2.00 bits per heavy atom. The molecule has 1 aromatic carbocycles. The van der Waals surface area contributed by atoms with Crippen molar-refractivity contribution in [2.45, 2.75) is 33.0 Å². The van der Waals surface area contributed by atoms with Crippen molar-refractivity contribution in [2.24, 2.45) is 0 Å². The third-order valence-corrected chi connectivity index (χ3v) is 4.48. The third-order valence-electron chi connectivity index (χ3n) is 3.52. The number of benzene rings is 1. The highest BCUT2D eigenvalue weighted by Gasteiger charge is 2.25. The zero-order chi connectivity index (χ0) is 17.5. The minimum atomic E-state index is -1.14. The van der Waals surface area contributed by atoms with E-state index in [2.05, 4.69) is 4.98 Å². The second-order valence-electron chi connectivity index (χ2n) is 6.01. The summed E-state index contributed by atoms with van der Waals surface area (Å²) in [6.45, 7) is 5.23. The van der Waals surface area contributed by atoms with E-state index in [0.717, 1.165) is 4.88 Å². The number of thiazole rings is 1. The topological polar surface area (TPSA) is 63.8 Å². The molecule has 0 aliphatic rings. The fraction of sp³-hybridized carbons (Fsp3) is 0.294. The third kappa shape index (κ3) is 3.18. The van der Waals surface area contributed by atoms with Crippen LogP contribution in [0.15, 0.2) is 35.1 Å². The van der Waals surface area contributed by atoms with E-state index in [-0.39, 0.29) is 18.0 Å². The molecule has 1 N–H and O–H groups in total. The summed E-state index contributed by atoms with van der Waals surface area (Å²) in [5, 5.41) is 10.3. The zero-order valence-corrected chi connectivity index (χ0v) is 14.4. The van der Waals surface area contributed by atoms with Crippen molar-refractivity contribution in [2.75, 3.05) is 0 Å². The van der Waals surface area contributed by atoms with Gasteiger partial charge in [-0.05, 0) is 45.0 Å². The number of halogens is 1. The SMILES string of the molecule is Cc1sc2nc(COc3ccc(F)cc3)cc(=O)n2c1C(C)(C)O. The number of ether oxygens (including phenoxy) is 1. The molecule has 0 aliphatic heterocycles. The lowest BCUT2D eigenvalue weighted by Crippen LogP contribution is -2.26. The molecule has 0 unspecified atom stereocenters. The van der Waals surface area contributed by atoms with Gasteiger partial charge >= 0.3 is 0 Å². The first-order valence-corrected chi connectivity index (χ1v) is 8.20. The Kier molecular flexibility index (Phi) is 4.15. The van der Waals surface area contributed by atoms with Crippen LogP contribution in [0.25, 0.3) is 4.96 Å². The molecular formula is C17H17FN2O3S. The van der Waals surface area contributed by atoms with Gasteiger partial charge in [-0.3, -0.25) is 9.20 Å². The molecule has 0 saturated heterocycles. The highest BCUT2D eigenvalue weighted by molar-refractivity contribution is 7.17. The van der Waals surface area contributed by atoms with Crippen LogP contribution in [0, 0.1) is 12.7 Å². The molecule has 0 amide bonds. The normalized spacial score (nSPS) is 11.9. The van der Waals surface area contributed by atoms with Crippen LogP contribution in [0.1, 0.15) is 30.1 Å². The molecular weight excluding hydrogens is 331 g/mol. The van der Waals surface area contributed by atoms with E-state index in [9.17, 15) is 14.3 Å². The summed E-state index contributed by atoms with van der Waals surface area (Å²) in [6, 6.07) is 7.03. The fourth-order valence-corrected chi connectivity index (χ4v) is 3.74. The van der Waals surface area contributed by atoms with E-state index in [1.807, 2.05) is 6.92 Å². The Morgan fingerprint density at radius 1 is 1.33 bits per heavy atom. The minimum Gasteiger partial charge on any atom is -0.487 e. The minimum absolute atomic E-state index is 0.103. The van der Waals surface area contributed by atoms with E-state index in [0.29, 0.717) is 22.1 Å². The van der Waals surface area contributed by atoms with Gasteiger partial charge in [0.2, 0.25) is 0 Å². The lowest BCUT2D eigenvalue weighted by Gasteiger charge is -2.17. The van der Waals surface area contributed by atoms with Crippen molar-refractivity contribution >= 4 is 16.3 Å². The molecule has 0 aliphatic carbocycles. The Labute approximate surface area is 142 Å². The van der Waals surface area contributed by atoms with Gasteiger partial charge in [-0.15, -0.1) is 11.3 Å². The monoisotopic (exact) mass is 348 g/mol. The number of hydrogen-bond donors (Lipinski definition) is 1. The molecule has 7 heteroatoms. The van der Waals surface area contributed by atoms with E-state index in [4.69, 9.17) is 4.74 Å². The Balaban J connectivity index is 1.94. The molecule has 5 nitrogen and oxygen atoms in total. The van der Waals surface area contributed by atoms with Crippen LogP contribution < -0.4 is 10.3 Å². The van der Waals surface area contributed by atoms with Gasteiger partial charge in [0.25, 0.3) is 5.56 Å². The van der Waals surface area contributed by atoms with E-state index < -0.39 is 5.60 Å². The van der Waals surface area contributed by atoms with Crippen LogP contribution in [0.5, 0.6) is 5.75 Å². The standard InChI is InChI=1S/C17H17FN2O3S/c1-10-15(17(2,3)22)20-14(21)8-12(19-16(20)24-10)9-23-13-6-4-11(18)5-7-13/h4-8,22H,9H2,1-3H3. The van der Waals surface area contributed by atoms with Gasteiger partial charge in [0.15, 0.2) is 4.96 Å². The number of nitrogens with zero attached hydrogens (tertiary/aromatic N) is 2. The van der Waals surface area contributed by atoms with Crippen molar-refractivity contribution < 1.29 is 14.2 Å². The molecule has 0 saturated carbocycles. The van der Waals surface area contributed by atoms with Gasteiger partial charge in [-0.1, -0.05) is 0 Å². The van der Waals surface area contributed by atoms with Gasteiger partial charge in [-0.2, -0.15) is 0 Å². The summed E-state index contributed by atoms with van der Waals surface area (Å²) in [6.07, 6.45) is 0. The van der Waals surface area contributed by atoms with Crippen molar-refractivity contribution in [1.29, 1.82) is 0 Å². The Bertz CT molecular complexity index is 939. The molecule has 2 aromatic heterocycles. The summed E-state index contributed by atoms with van der Waals surface area (Å²) in [5.41, 5.74) is -0.377. The molecule has 126 valence electrons. The summed E-state index contributed by atoms with van der Waals surface area (Å²) < 4.78 is 19.8. The quantitative estimate of drug-likeness (QED) is 0.787. The van der Waals surface area contributed by atoms with Crippen molar-refractivity contribution in [3.05, 3.63) is 62.8 Å². The summed E-state index contributed by atoms with van der Waals surface area (Å²) in [5.74, 6) is 0.159. The van der Waals surface area contributed by atoms with Crippen molar-refractivity contribution in [3.63, 3.8) is 0 Å². The van der Waals surface area contributed by atoms with Crippen LogP contribution in [-0.2, 0) is 12.2 Å². The maximum atomic E-state index is 12.9. The molecule has 0 fully saturated rings. The molecule has 0 bridgehead atoms. The van der Waals surface area contributed by atoms with E-state index in [1.54, 1.807) is 13.8 Å².